The molecule has 2 amide bonds. The molecule has 1 aromatic heterocycles. The Morgan fingerprint density at radius 1 is 1.47 bits per heavy atom. The molecule has 2 rings (SSSR count). The van der Waals surface area contributed by atoms with Gasteiger partial charge in [-0.2, -0.15) is 0 Å². The standard InChI is InChI=1S/C11H11N3O4S/c15-9(4-14-6-19-5-10(14)16)13-8-1-7(11(17)18)2-12-3-8/h1-3H,4-6H2,(H,13,15)(H,17,18). The van der Waals surface area contributed by atoms with Crippen molar-refractivity contribution in [3.8, 4) is 0 Å². The molecule has 1 aliphatic rings. The highest BCUT2D eigenvalue weighted by atomic mass is 32.2. The van der Waals surface area contributed by atoms with Crippen molar-refractivity contribution in [2.75, 3.05) is 23.5 Å². The third-order valence-electron chi connectivity index (χ3n) is 2.43. The average Bonchev–Trinajstić information content (AvgIpc) is 2.75. The number of carboxylic acids is 1. The third-order valence-corrected chi connectivity index (χ3v) is 3.37. The minimum atomic E-state index is -1.12. The van der Waals surface area contributed by atoms with Gasteiger partial charge in [-0.25, -0.2) is 4.79 Å². The normalized spacial score (nSPS) is 14.5. The molecule has 0 aliphatic carbocycles. The van der Waals surface area contributed by atoms with Crippen LogP contribution in [0.1, 0.15) is 10.4 Å². The van der Waals surface area contributed by atoms with Crippen molar-refractivity contribution < 1.29 is 19.5 Å². The van der Waals surface area contributed by atoms with Crippen LogP contribution in [0.5, 0.6) is 0 Å². The minimum absolute atomic E-state index is 0.00870. The van der Waals surface area contributed by atoms with Gasteiger partial charge in [-0.3, -0.25) is 14.6 Å². The molecular weight excluding hydrogens is 270 g/mol. The summed E-state index contributed by atoms with van der Waals surface area (Å²) in [5.41, 5.74) is 0.287. The molecule has 0 saturated carbocycles. The van der Waals surface area contributed by atoms with Crippen molar-refractivity contribution in [2.24, 2.45) is 0 Å². The van der Waals surface area contributed by atoms with Crippen LogP contribution in [0, 0.1) is 0 Å². The number of nitrogens with zero attached hydrogens (tertiary/aromatic N) is 2. The number of hydrogen-bond donors (Lipinski definition) is 2. The molecule has 100 valence electrons. The number of anilines is 1. The van der Waals surface area contributed by atoms with Crippen LogP contribution in [0.2, 0.25) is 0 Å². The van der Waals surface area contributed by atoms with E-state index in [0.29, 0.717) is 17.3 Å². The highest BCUT2D eigenvalue weighted by Gasteiger charge is 2.22. The monoisotopic (exact) mass is 281 g/mol. The fourth-order valence-corrected chi connectivity index (χ4v) is 2.44. The molecule has 19 heavy (non-hydrogen) atoms. The van der Waals surface area contributed by atoms with Crippen molar-refractivity contribution >= 4 is 35.2 Å². The highest BCUT2D eigenvalue weighted by Crippen LogP contribution is 2.15. The van der Waals surface area contributed by atoms with E-state index in [1.165, 1.54) is 35.1 Å². The Labute approximate surface area is 113 Å². The van der Waals surface area contributed by atoms with Gasteiger partial charge >= 0.3 is 5.97 Å². The predicted molar refractivity (Wildman–Crippen MR) is 68.9 cm³/mol. The third kappa shape index (κ3) is 3.44. The SMILES string of the molecule is O=C(CN1CSCC1=O)Nc1cncc(C(=O)O)c1. The average molecular weight is 281 g/mol. The molecule has 0 atom stereocenters. The smallest absolute Gasteiger partial charge is 0.337 e. The molecule has 2 heterocycles. The summed E-state index contributed by atoms with van der Waals surface area (Å²) < 4.78 is 0. The van der Waals surface area contributed by atoms with Crippen LogP contribution in [-0.2, 0) is 9.59 Å². The summed E-state index contributed by atoms with van der Waals surface area (Å²) in [6.07, 6.45) is 2.55. The van der Waals surface area contributed by atoms with Gasteiger partial charge in [0.2, 0.25) is 11.8 Å². The molecule has 2 N–H and O–H groups in total. The lowest BCUT2D eigenvalue weighted by atomic mass is 10.2. The molecule has 0 bridgehead atoms. The molecule has 0 spiro atoms. The zero-order valence-electron chi connectivity index (χ0n) is 9.83. The maximum Gasteiger partial charge on any atom is 0.337 e. The molecule has 0 radical (unpaired) electrons. The quantitative estimate of drug-likeness (QED) is 0.820. The molecule has 8 heteroatoms. The second-order valence-corrected chi connectivity index (χ2v) is 4.84. The van der Waals surface area contributed by atoms with Crippen LogP contribution >= 0.6 is 11.8 Å². The number of thioether (sulfide) groups is 1. The number of aromatic carboxylic acids is 1. The molecule has 7 nitrogen and oxygen atoms in total. The Kier molecular flexibility index (Phi) is 4.00. The van der Waals surface area contributed by atoms with Gasteiger partial charge in [0.1, 0.15) is 6.54 Å². The first-order valence-corrected chi connectivity index (χ1v) is 6.55. The van der Waals surface area contributed by atoms with Gasteiger partial charge in [0.05, 0.1) is 29.1 Å². The van der Waals surface area contributed by atoms with Gasteiger partial charge in [-0.1, -0.05) is 0 Å². The second-order valence-electron chi connectivity index (χ2n) is 3.88. The van der Waals surface area contributed by atoms with E-state index in [4.69, 9.17) is 5.11 Å². The van der Waals surface area contributed by atoms with Crippen LogP contribution < -0.4 is 5.32 Å². The van der Waals surface area contributed by atoms with E-state index in [-0.39, 0.29) is 23.9 Å². The van der Waals surface area contributed by atoms with Crippen LogP contribution in [-0.4, -0.2) is 50.9 Å². The Morgan fingerprint density at radius 2 is 2.26 bits per heavy atom. The maximum absolute atomic E-state index is 11.7. The topological polar surface area (TPSA) is 99.6 Å². The number of nitrogens with one attached hydrogen (secondary N) is 1. The van der Waals surface area contributed by atoms with Crippen molar-refractivity contribution in [2.45, 2.75) is 0 Å². The summed E-state index contributed by atoms with van der Waals surface area (Å²) in [7, 11) is 0. The zero-order valence-corrected chi connectivity index (χ0v) is 10.6. The van der Waals surface area contributed by atoms with Crippen LogP contribution in [0.15, 0.2) is 18.5 Å². The van der Waals surface area contributed by atoms with E-state index < -0.39 is 5.97 Å². The number of pyridine rings is 1. The van der Waals surface area contributed by atoms with Crippen molar-refractivity contribution in [3.05, 3.63) is 24.0 Å². The molecule has 0 unspecified atom stereocenters. The Morgan fingerprint density at radius 3 is 2.89 bits per heavy atom. The van der Waals surface area contributed by atoms with Crippen LogP contribution in [0.3, 0.4) is 0 Å². The largest absolute Gasteiger partial charge is 0.478 e. The first kappa shape index (κ1) is 13.3. The number of hydrogen-bond acceptors (Lipinski definition) is 5. The van der Waals surface area contributed by atoms with Gasteiger partial charge in [-0.15, -0.1) is 11.8 Å². The first-order chi connectivity index (χ1) is 9.06. The Hall–Kier alpha value is -2.09. The van der Waals surface area contributed by atoms with E-state index in [1.807, 2.05) is 0 Å². The number of rotatable bonds is 4. The summed E-state index contributed by atoms with van der Waals surface area (Å²) in [6.45, 7) is -0.0386. The maximum atomic E-state index is 11.7. The van der Waals surface area contributed by atoms with Crippen molar-refractivity contribution in [1.82, 2.24) is 9.88 Å². The number of carbonyl (C=O) groups excluding carboxylic acids is 2. The lowest BCUT2D eigenvalue weighted by Crippen LogP contribution is -2.34. The van der Waals surface area contributed by atoms with Crippen molar-refractivity contribution in [3.63, 3.8) is 0 Å². The van der Waals surface area contributed by atoms with E-state index >= 15 is 0 Å². The molecule has 1 fully saturated rings. The Bertz CT molecular complexity index is 534. The number of aromatic nitrogens is 1. The van der Waals surface area contributed by atoms with Gasteiger partial charge in [0.15, 0.2) is 0 Å². The molecule has 0 aromatic carbocycles. The fourth-order valence-electron chi connectivity index (χ4n) is 1.54. The van der Waals surface area contributed by atoms with Gasteiger partial charge in [-0.05, 0) is 6.07 Å². The molecule has 1 aliphatic heterocycles. The number of carboxylic acid groups (broad SMARTS) is 1. The van der Waals surface area contributed by atoms with Gasteiger partial charge in [0, 0.05) is 6.20 Å². The van der Waals surface area contributed by atoms with E-state index in [0.717, 1.165) is 0 Å². The van der Waals surface area contributed by atoms with Gasteiger partial charge in [0.25, 0.3) is 0 Å². The summed E-state index contributed by atoms with van der Waals surface area (Å²) in [5, 5.41) is 11.3. The highest BCUT2D eigenvalue weighted by molar-refractivity contribution is 8.00. The van der Waals surface area contributed by atoms with E-state index in [1.54, 1.807) is 0 Å². The molecule has 1 aromatic rings. The zero-order chi connectivity index (χ0) is 13.8. The second kappa shape index (κ2) is 5.70. The lowest BCUT2D eigenvalue weighted by Gasteiger charge is -2.14. The Balaban J connectivity index is 1.97. The van der Waals surface area contributed by atoms with E-state index in [2.05, 4.69) is 10.3 Å². The number of amides is 2. The summed E-state index contributed by atoms with van der Waals surface area (Å²) in [6, 6.07) is 1.31. The first-order valence-electron chi connectivity index (χ1n) is 5.40. The molecule has 1 saturated heterocycles. The lowest BCUT2D eigenvalue weighted by molar-refractivity contribution is -0.130. The predicted octanol–water partition coefficient (Wildman–Crippen LogP) is 0.251. The molecular formula is C11H11N3O4S. The fraction of sp³-hybridized carbons (Fsp3) is 0.273. The van der Waals surface area contributed by atoms with E-state index in [9.17, 15) is 14.4 Å². The van der Waals surface area contributed by atoms with Crippen LogP contribution in [0.25, 0.3) is 0 Å². The van der Waals surface area contributed by atoms with Crippen molar-refractivity contribution in [1.29, 1.82) is 0 Å². The van der Waals surface area contributed by atoms with Gasteiger partial charge < -0.3 is 15.3 Å². The number of carbonyl (C=O) groups is 3. The summed E-state index contributed by atoms with van der Waals surface area (Å²) in [5.74, 6) is -0.671. The summed E-state index contributed by atoms with van der Waals surface area (Å²) in [4.78, 5) is 39.0. The minimum Gasteiger partial charge on any atom is -0.478 e. The van der Waals surface area contributed by atoms with Crippen LogP contribution in [0.4, 0.5) is 5.69 Å². The summed E-state index contributed by atoms with van der Waals surface area (Å²) >= 11 is 1.45.